The lowest BCUT2D eigenvalue weighted by Gasteiger charge is -2.18. The van der Waals surface area contributed by atoms with Crippen molar-refractivity contribution in [2.75, 3.05) is 13.2 Å². The summed E-state index contributed by atoms with van der Waals surface area (Å²) in [6.45, 7) is 6.29. The molecule has 0 aromatic carbocycles. The third-order valence-electron chi connectivity index (χ3n) is 11.2. The van der Waals surface area contributed by atoms with Gasteiger partial charge in [0.05, 0.1) is 0 Å². The number of ether oxygens (including phenoxy) is 3. The topological polar surface area (TPSA) is 78.9 Å². The van der Waals surface area contributed by atoms with Crippen molar-refractivity contribution in [3.8, 4) is 0 Å². The first-order valence-electron chi connectivity index (χ1n) is 27.2. The maximum absolute atomic E-state index is 12.8. The molecule has 0 rings (SSSR count). The summed E-state index contributed by atoms with van der Waals surface area (Å²) in [4.78, 5) is 38.1. The number of allylic oxidation sites excluding steroid dienone is 20. The van der Waals surface area contributed by atoms with Gasteiger partial charge in [0.1, 0.15) is 13.2 Å². The normalized spacial score (nSPS) is 13.1. The number of esters is 3. The zero-order valence-electron chi connectivity index (χ0n) is 43.1. The number of unbranched alkanes of at least 4 members (excludes halogenated alkanes) is 23. The van der Waals surface area contributed by atoms with Crippen molar-refractivity contribution in [2.45, 2.75) is 232 Å². The van der Waals surface area contributed by atoms with Gasteiger partial charge in [-0.25, -0.2) is 0 Å². The summed E-state index contributed by atoms with van der Waals surface area (Å²) in [5, 5.41) is 0. The van der Waals surface area contributed by atoms with Crippen LogP contribution in [0.1, 0.15) is 226 Å². The SMILES string of the molecule is CC\C=C/C=C\C=C/C=C\C=C\C=C/CCCCCC(=O)OC(COC(=O)CCCCCCC\C=C/C=C\C=C/CC)COC(=O)CCCCCCCCC/C=C\CCCCCCCCCC. The summed E-state index contributed by atoms with van der Waals surface area (Å²) in [5.41, 5.74) is 0. The molecule has 0 amide bonds. The molecular weight excluding hydrogens is 829 g/mol. The van der Waals surface area contributed by atoms with Gasteiger partial charge in [0, 0.05) is 19.3 Å². The first-order chi connectivity index (χ1) is 33.0. The van der Waals surface area contributed by atoms with Crippen LogP contribution < -0.4 is 0 Å². The van der Waals surface area contributed by atoms with Crippen LogP contribution in [0.15, 0.2) is 122 Å². The van der Waals surface area contributed by atoms with Gasteiger partial charge in [0.15, 0.2) is 6.10 Å². The standard InChI is InChI=1S/C61H98O6/c1-4-7-10-13-16-19-22-25-27-29-30-32-33-36-39-42-45-48-51-54-60(63)66-57-58(56-65-59(62)53-50-47-44-41-38-35-24-21-18-15-12-9-6-3)67-61(64)55-52-49-46-43-40-37-34-31-28-26-23-20-17-14-11-8-5-2/h8-9,11-12,14-15,17-18,20-21,23-24,26,28-31,34,37,40,58H,4-7,10,13,16,19,22,25,27,32-33,35-36,38-39,41-57H2,1-3H3/b11-8-,12-9-,17-14-,18-15-,23-20-,24-21-,28-26-,30-29-,34-31+,40-37-. The first kappa shape index (κ1) is 62.8. The minimum atomic E-state index is -0.815. The molecule has 0 bridgehead atoms. The average Bonchev–Trinajstić information content (AvgIpc) is 3.33. The molecule has 0 heterocycles. The number of hydrogen-bond acceptors (Lipinski definition) is 6. The molecule has 378 valence electrons. The fourth-order valence-corrected chi connectivity index (χ4v) is 7.11. The minimum Gasteiger partial charge on any atom is -0.462 e. The highest BCUT2D eigenvalue weighted by Crippen LogP contribution is 2.14. The van der Waals surface area contributed by atoms with E-state index in [0.29, 0.717) is 19.3 Å². The van der Waals surface area contributed by atoms with E-state index in [2.05, 4.69) is 81.5 Å². The third kappa shape index (κ3) is 52.6. The van der Waals surface area contributed by atoms with E-state index in [1.165, 1.54) is 89.9 Å². The molecule has 0 aliphatic rings. The van der Waals surface area contributed by atoms with Gasteiger partial charge in [0.25, 0.3) is 0 Å². The Morgan fingerprint density at radius 1 is 0.313 bits per heavy atom. The molecule has 0 saturated heterocycles. The highest BCUT2D eigenvalue weighted by Gasteiger charge is 2.19. The predicted octanol–water partition coefficient (Wildman–Crippen LogP) is 18.1. The van der Waals surface area contributed by atoms with Crippen LogP contribution in [-0.2, 0) is 28.6 Å². The smallest absolute Gasteiger partial charge is 0.306 e. The highest BCUT2D eigenvalue weighted by atomic mass is 16.6. The Kier molecular flexibility index (Phi) is 51.0. The van der Waals surface area contributed by atoms with Crippen molar-refractivity contribution in [3.63, 3.8) is 0 Å². The van der Waals surface area contributed by atoms with Crippen molar-refractivity contribution in [1.29, 1.82) is 0 Å². The molecule has 0 aliphatic heterocycles. The van der Waals surface area contributed by atoms with Crippen molar-refractivity contribution in [2.24, 2.45) is 0 Å². The van der Waals surface area contributed by atoms with Crippen LogP contribution in [0.25, 0.3) is 0 Å². The summed E-state index contributed by atoms with van der Waals surface area (Å²) in [6, 6.07) is 0. The van der Waals surface area contributed by atoms with Crippen LogP contribution in [0.2, 0.25) is 0 Å². The average molecular weight is 927 g/mol. The van der Waals surface area contributed by atoms with E-state index in [0.717, 1.165) is 89.9 Å². The molecular formula is C61H98O6. The lowest BCUT2D eigenvalue weighted by molar-refractivity contribution is -0.167. The molecule has 6 heteroatoms. The van der Waals surface area contributed by atoms with E-state index in [1.807, 2.05) is 60.8 Å². The van der Waals surface area contributed by atoms with Crippen LogP contribution >= 0.6 is 0 Å². The van der Waals surface area contributed by atoms with Crippen LogP contribution in [0.5, 0.6) is 0 Å². The number of rotatable bonds is 47. The molecule has 0 aromatic rings. The summed E-state index contributed by atoms with van der Waals surface area (Å²) < 4.78 is 16.8. The van der Waals surface area contributed by atoms with Gasteiger partial charge >= 0.3 is 17.9 Å². The fraction of sp³-hybridized carbons (Fsp3) is 0.623. The Morgan fingerprint density at radius 2 is 0.597 bits per heavy atom. The second-order valence-corrected chi connectivity index (χ2v) is 17.6. The fourth-order valence-electron chi connectivity index (χ4n) is 7.11. The van der Waals surface area contributed by atoms with E-state index in [4.69, 9.17) is 14.2 Å². The number of carbonyl (C=O) groups excluding carboxylic acids is 3. The zero-order valence-corrected chi connectivity index (χ0v) is 43.1. The third-order valence-corrected chi connectivity index (χ3v) is 11.2. The summed E-state index contributed by atoms with van der Waals surface area (Å²) in [5.74, 6) is -0.983. The maximum atomic E-state index is 12.8. The number of carbonyl (C=O) groups is 3. The lowest BCUT2D eigenvalue weighted by Crippen LogP contribution is -2.30. The molecule has 67 heavy (non-hydrogen) atoms. The van der Waals surface area contributed by atoms with E-state index < -0.39 is 6.10 Å². The Bertz CT molecular complexity index is 1440. The summed E-state index contributed by atoms with van der Waals surface area (Å²) in [7, 11) is 0. The molecule has 0 radical (unpaired) electrons. The van der Waals surface area contributed by atoms with Gasteiger partial charge < -0.3 is 14.2 Å². The van der Waals surface area contributed by atoms with Crippen LogP contribution in [0.4, 0.5) is 0 Å². The summed E-state index contributed by atoms with van der Waals surface area (Å²) >= 11 is 0. The Labute approximate surface area is 412 Å². The van der Waals surface area contributed by atoms with Gasteiger partial charge in [-0.1, -0.05) is 245 Å². The molecule has 0 aromatic heterocycles. The molecule has 0 fully saturated rings. The predicted molar refractivity (Wildman–Crippen MR) is 288 cm³/mol. The van der Waals surface area contributed by atoms with Crippen molar-refractivity contribution in [1.82, 2.24) is 0 Å². The Hall–Kier alpha value is -4.19. The monoisotopic (exact) mass is 927 g/mol. The molecule has 0 spiro atoms. The largest absolute Gasteiger partial charge is 0.462 e. The lowest BCUT2D eigenvalue weighted by atomic mass is 10.1. The van der Waals surface area contributed by atoms with Crippen LogP contribution in [-0.4, -0.2) is 37.2 Å². The highest BCUT2D eigenvalue weighted by molar-refractivity contribution is 5.71. The van der Waals surface area contributed by atoms with Gasteiger partial charge in [-0.15, -0.1) is 0 Å². The number of hydrogen-bond donors (Lipinski definition) is 0. The molecule has 0 saturated carbocycles. The summed E-state index contributed by atoms with van der Waals surface area (Å²) in [6.07, 6.45) is 74.7. The molecule has 0 N–H and O–H groups in total. The molecule has 6 nitrogen and oxygen atoms in total. The second kappa shape index (κ2) is 54.4. The second-order valence-electron chi connectivity index (χ2n) is 17.6. The van der Waals surface area contributed by atoms with Crippen molar-refractivity contribution in [3.05, 3.63) is 122 Å². The van der Waals surface area contributed by atoms with E-state index in [1.54, 1.807) is 0 Å². The van der Waals surface area contributed by atoms with Crippen molar-refractivity contribution < 1.29 is 28.6 Å². The van der Waals surface area contributed by atoms with E-state index >= 15 is 0 Å². The van der Waals surface area contributed by atoms with Crippen LogP contribution in [0.3, 0.4) is 0 Å². The van der Waals surface area contributed by atoms with Crippen LogP contribution in [0, 0.1) is 0 Å². The van der Waals surface area contributed by atoms with Gasteiger partial charge in [-0.2, -0.15) is 0 Å². The van der Waals surface area contributed by atoms with Gasteiger partial charge in [-0.3, -0.25) is 14.4 Å². The minimum absolute atomic E-state index is 0.109. The zero-order chi connectivity index (χ0) is 48.6. The molecule has 1 unspecified atom stereocenters. The Balaban J connectivity index is 4.50. The van der Waals surface area contributed by atoms with Crippen molar-refractivity contribution >= 4 is 17.9 Å². The molecule has 1 atom stereocenters. The van der Waals surface area contributed by atoms with E-state index in [9.17, 15) is 14.4 Å². The van der Waals surface area contributed by atoms with Gasteiger partial charge in [0.2, 0.25) is 0 Å². The quantitative estimate of drug-likeness (QED) is 0.0199. The maximum Gasteiger partial charge on any atom is 0.306 e. The van der Waals surface area contributed by atoms with Gasteiger partial charge in [-0.05, 0) is 83.5 Å². The molecule has 0 aliphatic carbocycles. The first-order valence-corrected chi connectivity index (χ1v) is 27.2. The Morgan fingerprint density at radius 3 is 0.970 bits per heavy atom. The van der Waals surface area contributed by atoms with E-state index in [-0.39, 0.29) is 37.5 Å².